The van der Waals surface area contributed by atoms with Crippen LogP contribution in [0.4, 0.5) is 5.13 Å². The van der Waals surface area contributed by atoms with E-state index in [1.165, 1.54) is 22.7 Å². The van der Waals surface area contributed by atoms with E-state index in [9.17, 15) is 4.79 Å². The highest BCUT2D eigenvalue weighted by molar-refractivity contribution is 7.22. The second kappa shape index (κ2) is 8.31. The maximum absolute atomic E-state index is 12.6. The highest BCUT2D eigenvalue weighted by Gasteiger charge is 2.14. The number of carbonyl (C=O) groups is 1. The third-order valence-corrected chi connectivity index (χ3v) is 6.18. The number of carbonyl (C=O) groups excluding carboxylic acids is 1. The van der Waals surface area contributed by atoms with E-state index in [1.54, 1.807) is 0 Å². The van der Waals surface area contributed by atoms with Crippen molar-refractivity contribution in [3.05, 3.63) is 57.9 Å². The van der Waals surface area contributed by atoms with Crippen LogP contribution in [0.25, 0.3) is 21.5 Å². The van der Waals surface area contributed by atoms with Gasteiger partial charge in [0.25, 0.3) is 0 Å². The van der Waals surface area contributed by atoms with Crippen LogP contribution in [0.3, 0.4) is 0 Å². The highest BCUT2D eigenvalue weighted by atomic mass is 32.1. The summed E-state index contributed by atoms with van der Waals surface area (Å²) in [6, 6.07) is 11.9. The van der Waals surface area contributed by atoms with E-state index in [4.69, 9.17) is 10.5 Å². The van der Waals surface area contributed by atoms with E-state index in [0.717, 1.165) is 43.4 Å². The summed E-state index contributed by atoms with van der Waals surface area (Å²) in [7, 11) is 0. The molecule has 4 rings (SSSR count). The first-order valence-electron chi connectivity index (χ1n) is 9.36. The molecule has 4 aromatic rings. The van der Waals surface area contributed by atoms with Gasteiger partial charge in [-0.2, -0.15) is 0 Å². The van der Waals surface area contributed by atoms with Gasteiger partial charge in [-0.1, -0.05) is 23.5 Å². The molecule has 148 valence electrons. The van der Waals surface area contributed by atoms with Crippen LogP contribution >= 0.6 is 22.7 Å². The number of nitrogen functional groups attached to an aromatic ring is 1. The maximum Gasteiger partial charge on any atom is 0.181 e. The van der Waals surface area contributed by atoms with E-state index in [1.807, 2.05) is 55.6 Å². The molecule has 0 bridgehead atoms. The van der Waals surface area contributed by atoms with Crippen molar-refractivity contribution in [2.24, 2.45) is 0 Å². The SMILES string of the molecule is CCOc1cc(C)ccc1-c1csc(CC(=O)Cc2ccc3nc(N)sc3c2)n1. The normalized spacial score (nSPS) is 11.1. The van der Waals surface area contributed by atoms with Crippen molar-refractivity contribution in [3.63, 3.8) is 0 Å². The third kappa shape index (κ3) is 4.46. The lowest BCUT2D eigenvalue weighted by Gasteiger charge is -2.09. The van der Waals surface area contributed by atoms with Crippen LogP contribution in [0, 0.1) is 6.92 Å². The van der Waals surface area contributed by atoms with Gasteiger partial charge in [0.2, 0.25) is 0 Å². The Morgan fingerprint density at radius 3 is 2.83 bits per heavy atom. The van der Waals surface area contributed by atoms with E-state index in [2.05, 4.69) is 9.97 Å². The number of hydrogen-bond donors (Lipinski definition) is 1. The molecule has 2 N–H and O–H groups in total. The predicted octanol–water partition coefficient (Wildman–Crippen LogP) is 5.06. The number of nitrogens with zero attached hydrogens (tertiary/aromatic N) is 2. The van der Waals surface area contributed by atoms with Gasteiger partial charge in [-0.3, -0.25) is 4.79 Å². The van der Waals surface area contributed by atoms with E-state index in [-0.39, 0.29) is 5.78 Å². The number of anilines is 1. The molecule has 0 saturated heterocycles. The van der Waals surface area contributed by atoms with Gasteiger partial charge in [0.05, 0.1) is 28.9 Å². The van der Waals surface area contributed by atoms with Crippen molar-refractivity contribution < 1.29 is 9.53 Å². The van der Waals surface area contributed by atoms with Gasteiger partial charge >= 0.3 is 0 Å². The van der Waals surface area contributed by atoms with Crippen LogP contribution in [-0.2, 0) is 17.6 Å². The van der Waals surface area contributed by atoms with Gasteiger partial charge < -0.3 is 10.5 Å². The summed E-state index contributed by atoms with van der Waals surface area (Å²) in [5.74, 6) is 0.962. The lowest BCUT2D eigenvalue weighted by atomic mass is 10.1. The summed E-state index contributed by atoms with van der Waals surface area (Å²) in [6.07, 6.45) is 0.695. The number of rotatable bonds is 7. The van der Waals surface area contributed by atoms with Crippen molar-refractivity contribution in [2.45, 2.75) is 26.7 Å². The molecule has 0 fully saturated rings. The molecule has 0 aliphatic heterocycles. The second-order valence-electron chi connectivity index (χ2n) is 6.81. The Morgan fingerprint density at radius 2 is 2.00 bits per heavy atom. The zero-order valence-corrected chi connectivity index (χ0v) is 17.9. The molecule has 0 radical (unpaired) electrons. The predicted molar refractivity (Wildman–Crippen MR) is 120 cm³/mol. The standard InChI is InChI=1S/C22H21N3O2S2/c1-3-27-19-8-13(2)4-6-16(19)18-12-28-21(24-18)11-15(26)9-14-5-7-17-20(10-14)29-22(23)25-17/h4-8,10,12H,3,9,11H2,1-2H3,(H2,23,25). The van der Waals surface area contributed by atoms with Crippen molar-refractivity contribution in [2.75, 3.05) is 12.3 Å². The molecule has 0 saturated carbocycles. The van der Waals surface area contributed by atoms with Crippen LogP contribution < -0.4 is 10.5 Å². The summed E-state index contributed by atoms with van der Waals surface area (Å²) < 4.78 is 6.77. The van der Waals surface area contributed by atoms with Crippen LogP contribution in [0.1, 0.15) is 23.1 Å². The Hall–Kier alpha value is -2.77. The fourth-order valence-corrected chi connectivity index (χ4v) is 4.81. The molecule has 2 heterocycles. The highest BCUT2D eigenvalue weighted by Crippen LogP contribution is 2.32. The number of thiazole rings is 2. The largest absolute Gasteiger partial charge is 0.493 e. The number of aromatic nitrogens is 2. The van der Waals surface area contributed by atoms with Gasteiger partial charge in [0, 0.05) is 17.4 Å². The van der Waals surface area contributed by atoms with Crippen molar-refractivity contribution in [1.82, 2.24) is 9.97 Å². The lowest BCUT2D eigenvalue weighted by Crippen LogP contribution is -2.06. The van der Waals surface area contributed by atoms with E-state index < -0.39 is 0 Å². The van der Waals surface area contributed by atoms with Crippen LogP contribution in [0.2, 0.25) is 0 Å². The van der Waals surface area contributed by atoms with Gasteiger partial charge in [-0.15, -0.1) is 11.3 Å². The number of fused-ring (bicyclic) bond motifs is 1. The van der Waals surface area contributed by atoms with E-state index in [0.29, 0.717) is 24.6 Å². The minimum Gasteiger partial charge on any atom is -0.493 e. The molecule has 0 aliphatic carbocycles. The molecule has 7 heteroatoms. The van der Waals surface area contributed by atoms with Crippen LogP contribution in [-0.4, -0.2) is 22.4 Å². The van der Waals surface area contributed by atoms with Gasteiger partial charge in [0.15, 0.2) is 5.13 Å². The average Bonchev–Trinajstić information content (AvgIpc) is 3.27. The molecule has 5 nitrogen and oxygen atoms in total. The number of benzene rings is 2. The topological polar surface area (TPSA) is 78.1 Å². The Morgan fingerprint density at radius 1 is 1.14 bits per heavy atom. The number of nitrogens with two attached hydrogens (primary N) is 1. The summed E-state index contributed by atoms with van der Waals surface area (Å²) in [4.78, 5) is 21.5. The molecular formula is C22H21N3O2S2. The molecule has 29 heavy (non-hydrogen) atoms. The molecule has 2 aromatic heterocycles. The van der Waals surface area contributed by atoms with Crippen LogP contribution in [0.5, 0.6) is 5.75 Å². The third-order valence-electron chi connectivity index (χ3n) is 4.48. The van der Waals surface area contributed by atoms with E-state index >= 15 is 0 Å². The number of ketones is 1. The fraction of sp³-hybridized carbons (Fsp3) is 0.227. The molecule has 0 amide bonds. The first-order chi connectivity index (χ1) is 14.0. The quantitative estimate of drug-likeness (QED) is 0.449. The Kier molecular flexibility index (Phi) is 5.60. The fourth-order valence-electron chi connectivity index (χ4n) is 3.19. The van der Waals surface area contributed by atoms with Crippen molar-refractivity contribution in [3.8, 4) is 17.0 Å². The number of ether oxygens (including phenoxy) is 1. The minimum absolute atomic E-state index is 0.136. The first-order valence-corrected chi connectivity index (χ1v) is 11.1. The number of Topliss-reactive ketones (excluding diaryl/α,β-unsaturated/α-hetero) is 1. The monoisotopic (exact) mass is 423 g/mol. The van der Waals surface area contributed by atoms with Crippen molar-refractivity contribution in [1.29, 1.82) is 0 Å². The zero-order valence-electron chi connectivity index (χ0n) is 16.3. The average molecular weight is 424 g/mol. The molecule has 0 unspecified atom stereocenters. The lowest BCUT2D eigenvalue weighted by molar-refractivity contribution is -0.117. The molecule has 0 aliphatic rings. The Labute approximate surface area is 177 Å². The minimum atomic E-state index is 0.136. The summed E-state index contributed by atoms with van der Waals surface area (Å²) >= 11 is 2.95. The van der Waals surface area contributed by atoms with Crippen molar-refractivity contribution >= 4 is 43.8 Å². The molecule has 2 aromatic carbocycles. The molecule has 0 atom stereocenters. The van der Waals surface area contributed by atoms with Gasteiger partial charge in [-0.25, -0.2) is 9.97 Å². The summed E-state index contributed by atoms with van der Waals surface area (Å²) in [5.41, 5.74) is 10.6. The molecule has 0 spiro atoms. The smallest absolute Gasteiger partial charge is 0.181 e. The number of hydrogen-bond acceptors (Lipinski definition) is 7. The maximum atomic E-state index is 12.6. The Bertz CT molecular complexity index is 1180. The second-order valence-corrected chi connectivity index (χ2v) is 8.81. The summed E-state index contributed by atoms with van der Waals surface area (Å²) in [6.45, 7) is 4.60. The van der Waals surface area contributed by atoms with Gasteiger partial charge in [-0.05, 0) is 49.2 Å². The van der Waals surface area contributed by atoms with Gasteiger partial charge in [0.1, 0.15) is 16.5 Å². The zero-order chi connectivity index (χ0) is 20.4. The first kappa shape index (κ1) is 19.5. The number of aryl methyl sites for hydroxylation is 1. The molecular weight excluding hydrogens is 402 g/mol. The summed E-state index contributed by atoms with van der Waals surface area (Å²) in [5, 5.41) is 3.35. The Balaban J connectivity index is 1.47. The van der Waals surface area contributed by atoms with Crippen LogP contribution in [0.15, 0.2) is 41.8 Å².